The number of amides is 1. The van der Waals surface area contributed by atoms with Gasteiger partial charge in [0.25, 0.3) is 5.91 Å². The minimum Gasteiger partial charge on any atom is -0.347 e. The monoisotopic (exact) mass is 329 g/mol. The third kappa shape index (κ3) is 3.69. The molecule has 0 saturated carbocycles. The molecule has 0 spiro atoms. The molecule has 1 amide bonds. The summed E-state index contributed by atoms with van der Waals surface area (Å²) in [5, 5.41) is 7.79. The van der Waals surface area contributed by atoms with Gasteiger partial charge in [-0.25, -0.2) is 0 Å². The van der Waals surface area contributed by atoms with E-state index in [4.69, 9.17) is 23.2 Å². The molecule has 1 aromatic carbocycles. The van der Waals surface area contributed by atoms with Crippen LogP contribution in [-0.2, 0) is 13.0 Å². The lowest BCUT2D eigenvalue weighted by molar-refractivity contribution is 0.0954. The third-order valence-electron chi connectivity index (χ3n) is 2.69. The highest BCUT2D eigenvalue weighted by molar-refractivity contribution is 7.08. The van der Waals surface area contributed by atoms with Crippen LogP contribution in [0.15, 0.2) is 18.2 Å². The number of benzene rings is 1. The summed E-state index contributed by atoms with van der Waals surface area (Å²) in [6.07, 6.45) is 1.69. The fourth-order valence-electron chi connectivity index (χ4n) is 1.69. The van der Waals surface area contributed by atoms with Crippen molar-refractivity contribution in [2.75, 3.05) is 0 Å². The van der Waals surface area contributed by atoms with Crippen molar-refractivity contribution < 1.29 is 4.79 Å². The second-order valence-electron chi connectivity index (χ2n) is 4.23. The number of rotatable bonds is 5. The predicted molar refractivity (Wildman–Crippen MR) is 81.5 cm³/mol. The fraction of sp³-hybridized carbons (Fsp3) is 0.308. The summed E-state index contributed by atoms with van der Waals surface area (Å²) in [5.41, 5.74) is 1.64. The normalized spacial score (nSPS) is 10.6. The number of carbonyl (C=O) groups excluding carboxylic acids is 1. The molecular formula is C13H13Cl2N3OS. The molecule has 0 aliphatic heterocycles. The van der Waals surface area contributed by atoms with Crippen LogP contribution in [0.2, 0.25) is 10.0 Å². The van der Waals surface area contributed by atoms with Crippen molar-refractivity contribution in [3.63, 3.8) is 0 Å². The molecule has 106 valence electrons. The third-order valence-corrected chi connectivity index (χ3v) is 4.19. The van der Waals surface area contributed by atoms with Crippen LogP contribution in [0.4, 0.5) is 0 Å². The summed E-state index contributed by atoms with van der Waals surface area (Å²) in [5.74, 6) is -0.158. The van der Waals surface area contributed by atoms with Gasteiger partial charge in [-0.05, 0) is 35.6 Å². The zero-order valence-corrected chi connectivity index (χ0v) is 13.1. The molecule has 0 unspecified atom stereocenters. The van der Waals surface area contributed by atoms with Gasteiger partial charge in [0.15, 0.2) is 0 Å². The Kier molecular flexibility index (Phi) is 5.34. The largest absolute Gasteiger partial charge is 0.347 e. The van der Waals surface area contributed by atoms with Crippen LogP contribution < -0.4 is 5.32 Å². The highest BCUT2D eigenvalue weighted by atomic mass is 35.5. The van der Waals surface area contributed by atoms with Gasteiger partial charge < -0.3 is 5.32 Å². The van der Waals surface area contributed by atoms with E-state index in [2.05, 4.69) is 14.9 Å². The maximum atomic E-state index is 12.1. The molecule has 20 heavy (non-hydrogen) atoms. The molecule has 0 saturated heterocycles. The van der Waals surface area contributed by atoms with Crippen LogP contribution >= 0.6 is 34.7 Å². The quantitative estimate of drug-likeness (QED) is 0.909. The Morgan fingerprint density at radius 1 is 1.35 bits per heavy atom. The average molecular weight is 330 g/mol. The summed E-state index contributed by atoms with van der Waals surface area (Å²) >= 11 is 12.9. The lowest BCUT2D eigenvalue weighted by atomic mass is 10.2. The second-order valence-corrected chi connectivity index (χ2v) is 5.80. The Labute approximate surface area is 131 Å². The average Bonchev–Trinajstić information content (AvgIpc) is 2.88. The molecule has 1 heterocycles. The molecule has 0 fully saturated rings. The number of nitrogens with one attached hydrogen (secondary N) is 1. The van der Waals surface area contributed by atoms with Crippen LogP contribution in [-0.4, -0.2) is 15.5 Å². The van der Waals surface area contributed by atoms with Crippen LogP contribution in [0.25, 0.3) is 0 Å². The zero-order chi connectivity index (χ0) is 14.5. The Morgan fingerprint density at radius 3 is 2.85 bits per heavy atom. The van der Waals surface area contributed by atoms with Gasteiger partial charge in [-0.2, -0.15) is 0 Å². The summed E-state index contributed by atoms with van der Waals surface area (Å²) in [4.78, 5) is 12.7. The molecule has 0 bridgehead atoms. The lowest BCUT2D eigenvalue weighted by Gasteiger charge is -2.05. The van der Waals surface area contributed by atoms with Crippen LogP contribution in [0.3, 0.4) is 0 Å². The summed E-state index contributed by atoms with van der Waals surface area (Å²) in [6.45, 7) is 2.43. The predicted octanol–water partition coefficient (Wildman–Crippen LogP) is 3.73. The van der Waals surface area contributed by atoms with Crippen molar-refractivity contribution in [1.82, 2.24) is 14.9 Å². The van der Waals surface area contributed by atoms with Crippen molar-refractivity contribution in [2.24, 2.45) is 0 Å². The van der Waals surface area contributed by atoms with Gasteiger partial charge in [0.05, 0.1) is 15.7 Å². The number of carbonyl (C=O) groups is 1. The van der Waals surface area contributed by atoms with Gasteiger partial charge in [0.1, 0.15) is 4.88 Å². The second kappa shape index (κ2) is 7.02. The number of halogens is 2. The van der Waals surface area contributed by atoms with E-state index in [1.165, 1.54) is 0 Å². The Balaban J connectivity index is 2.01. The van der Waals surface area contributed by atoms with Crippen molar-refractivity contribution >= 4 is 40.6 Å². The van der Waals surface area contributed by atoms with E-state index in [1.54, 1.807) is 12.1 Å². The number of nitrogens with zero attached hydrogens (tertiary/aromatic N) is 2. The van der Waals surface area contributed by atoms with Gasteiger partial charge in [0, 0.05) is 6.54 Å². The summed E-state index contributed by atoms with van der Waals surface area (Å²) in [6, 6.07) is 5.27. The van der Waals surface area contributed by atoms with E-state index in [1.807, 2.05) is 13.0 Å². The van der Waals surface area contributed by atoms with E-state index < -0.39 is 0 Å². The van der Waals surface area contributed by atoms with Gasteiger partial charge in [-0.1, -0.05) is 47.1 Å². The van der Waals surface area contributed by atoms with E-state index >= 15 is 0 Å². The maximum absolute atomic E-state index is 12.1. The molecule has 0 aliphatic carbocycles. The topological polar surface area (TPSA) is 54.9 Å². The first-order valence-corrected chi connectivity index (χ1v) is 7.68. The van der Waals surface area contributed by atoms with E-state index in [0.29, 0.717) is 21.5 Å². The van der Waals surface area contributed by atoms with Crippen LogP contribution in [0.5, 0.6) is 0 Å². The zero-order valence-electron chi connectivity index (χ0n) is 10.8. The lowest BCUT2D eigenvalue weighted by Crippen LogP contribution is -2.23. The molecule has 4 nitrogen and oxygen atoms in total. The fourth-order valence-corrected chi connectivity index (χ4v) is 2.64. The van der Waals surface area contributed by atoms with E-state index in [0.717, 1.165) is 35.6 Å². The maximum Gasteiger partial charge on any atom is 0.265 e. The molecule has 1 N–H and O–H groups in total. The molecule has 2 rings (SSSR count). The molecule has 0 atom stereocenters. The van der Waals surface area contributed by atoms with Crippen molar-refractivity contribution in [2.45, 2.75) is 26.3 Å². The first-order valence-electron chi connectivity index (χ1n) is 6.15. The van der Waals surface area contributed by atoms with Gasteiger partial charge >= 0.3 is 0 Å². The van der Waals surface area contributed by atoms with Crippen LogP contribution in [0, 0.1) is 0 Å². The van der Waals surface area contributed by atoms with Crippen molar-refractivity contribution in [3.05, 3.63) is 44.4 Å². The number of aromatic nitrogens is 2. The molecule has 1 aromatic heterocycles. The van der Waals surface area contributed by atoms with Crippen LogP contribution in [0.1, 0.15) is 34.3 Å². The molecule has 2 aromatic rings. The Bertz CT molecular complexity index is 615. The number of aryl methyl sites for hydroxylation is 1. The number of hydrogen-bond acceptors (Lipinski definition) is 4. The number of hydrogen-bond donors (Lipinski definition) is 1. The first-order chi connectivity index (χ1) is 9.61. The highest BCUT2D eigenvalue weighted by Gasteiger charge is 2.15. The highest BCUT2D eigenvalue weighted by Crippen LogP contribution is 2.22. The molecule has 0 aliphatic rings. The molecular weight excluding hydrogens is 317 g/mol. The first kappa shape index (κ1) is 15.2. The van der Waals surface area contributed by atoms with Gasteiger partial charge in [-0.3, -0.25) is 4.79 Å². The van der Waals surface area contributed by atoms with Crippen molar-refractivity contribution in [3.8, 4) is 0 Å². The van der Waals surface area contributed by atoms with Gasteiger partial charge in [0.2, 0.25) is 0 Å². The summed E-state index contributed by atoms with van der Waals surface area (Å²) in [7, 11) is 0. The smallest absolute Gasteiger partial charge is 0.265 e. The Morgan fingerprint density at radius 2 is 2.15 bits per heavy atom. The van der Waals surface area contributed by atoms with E-state index in [-0.39, 0.29) is 5.91 Å². The standard InChI is InChI=1S/C13H13Cl2N3OS/c1-2-3-11-12(20-18-17-11)13(19)16-7-8-4-5-9(14)10(15)6-8/h4-6H,2-3,7H2,1H3,(H,16,19). The molecule has 0 radical (unpaired) electrons. The van der Waals surface area contributed by atoms with E-state index in [9.17, 15) is 4.79 Å². The minimum atomic E-state index is -0.158. The van der Waals surface area contributed by atoms with Crippen molar-refractivity contribution in [1.29, 1.82) is 0 Å². The Hall–Kier alpha value is -1.17. The van der Waals surface area contributed by atoms with Gasteiger partial charge in [-0.15, -0.1) is 5.10 Å². The summed E-state index contributed by atoms with van der Waals surface area (Å²) < 4.78 is 3.83. The SMILES string of the molecule is CCCc1nnsc1C(=O)NCc1ccc(Cl)c(Cl)c1. The molecule has 7 heteroatoms. The minimum absolute atomic E-state index is 0.158.